The average Bonchev–Trinajstić information content (AvgIpc) is 3.02. The van der Waals surface area contributed by atoms with E-state index in [9.17, 15) is 9.18 Å². The van der Waals surface area contributed by atoms with Gasteiger partial charge in [0.05, 0.1) is 6.10 Å². The van der Waals surface area contributed by atoms with Gasteiger partial charge in [-0.3, -0.25) is 4.79 Å². The summed E-state index contributed by atoms with van der Waals surface area (Å²) in [5, 5.41) is 8.59. The van der Waals surface area contributed by atoms with Crippen LogP contribution in [0, 0.1) is 5.82 Å². The molecule has 1 aromatic rings. The third-order valence-corrected chi connectivity index (χ3v) is 2.45. The fourth-order valence-corrected chi connectivity index (χ4v) is 1.47. The third kappa shape index (κ3) is 2.95. The highest BCUT2D eigenvalue weighted by atomic mass is 19.1. The highest BCUT2D eigenvalue weighted by Crippen LogP contribution is 2.30. The van der Waals surface area contributed by atoms with Gasteiger partial charge < -0.3 is 9.84 Å². The van der Waals surface area contributed by atoms with Crippen molar-refractivity contribution in [1.82, 2.24) is 0 Å². The highest BCUT2D eigenvalue weighted by molar-refractivity contribution is 5.67. The summed E-state index contributed by atoms with van der Waals surface area (Å²) in [5.41, 5.74) is 0.634. The summed E-state index contributed by atoms with van der Waals surface area (Å²) in [6.07, 6.45) is 2.57. The van der Waals surface area contributed by atoms with E-state index in [1.165, 1.54) is 12.1 Å². The van der Waals surface area contributed by atoms with Crippen LogP contribution in [0.1, 0.15) is 24.8 Å². The van der Waals surface area contributed by atoms with E-state index in [1.54, 1.807) is 6.07 Å². The fourth-order valence-electron chi connectivity index (χ4n) is 1.47. The molecule has 3 nitrogen and oxygen atoms in total. The van der Waals surface area contributed by atoms with E-state index in [2.05, 4.69) is 0 Å². The summed E-state index contributed by atoms with van der Waals surface area (Å²) in [5.74, 6) is -0.629. The summed E-state index contributed by atoms with van der Waals surface area (Å²) < 4.78 is 18.6. The number of benzene rings is 1. The molecule has 16 heavy (non-hydrogen) atoms. The molecule has 1 fully saturated rings. The third-order valence-electron chi connectivity index (χ3n) is 2.45. The molecular formula is C12H13FO3. The summed E-state index contributed by atoms with van der Waals surface area (Å²) in [6.45, 7) is 0. The molecule has 0 aromatic heterocycles. The minimum atomic E-state index is -0.887. The van der Waals surface area contributed by atoms with Crippen molar-refractivity contribution < 1.29 is 19.0 Å². The summed E-state index contributed by atoms with van der Waals surface area (Å²) in [7, 11) is 0. The highest BCUT2D eigenvalue weighted by Gasteiger charge is 2.24. The molecule has 0 amide bonds. The van der Waals surface area contributed by atoms with Gasteiger partial charge >= 0.3 is 5.97 Å². The normalized spacial score (nSPS) is 14.8. The lowest BCUT2D eigenvalue weighted by atomic mass is 10.1. The van der Waals surface area contributed by atoms with Crippen LogP contribution in [-0.2, 0) is 11.2 Å². The largest absolute Gasteiger partial charge is 0.490 e. The van der Waals surface area contributed by atoms with E-state index in [4.69, 9.17) is 9.84 Å². The zero-order valence-electron chi connectivity index (χ0n) is 8.78. The van der Waals surface area contributed by atoms with Gasteiger partial charge in [0.1, 0.15) is 11.6 Å². The number of carbonyl (C=O) groups is 1. The van der Waals surface area contributed by atoms with Gasteiger partial charge in [-0.25, -0.2) is 4.39 Å². The number of halogens is 1. The van der Waals surface area contributed by atoms with Crippen LogP contribution < -0.4 is 4.74 Å². The zero-order chi connectivity index (χ0) is 11.5. The van der Waals surface area contributed by atoms with Gasteiger partial charge in [0.2, 0.25) is 0 Å². The Bertz CT molecular complexity index is 399. The van der Waals surface area contributed by atoms with Gasteiger partial charge in [-0.1, -0.05) is 0 Å². The Morgan fingerprint density at radius 2 is 2.25 bits per heavy atom. The summed E-state index contributed by atoms with van der Waals surface area (Å²) >= 11 is 0. The van der Waals surface area contributed by atoms with Gasteiger partial charge in [0, 0.05) is 6.42 Å². The molecule has 0 spiro atoms. The van der Waals surface area contributed by atoms with Crippen LogP contribution >= 0.6 is 0 Å². The predicted molar refractivity (Wildman–Crippen MR) is 56.0 cm³/mol. The van der Waals surface area contributed by atoms with E-state index in [0.717, 1.165) is 12.8 Å². The molecule has 0 radical (unpaired) electrons. The first-order chi connectivity index (χ1) is 7.65. The standard InChI is InChI=1S/C12H13FO3/c13-9-2-5-11(16-10-3-4-10)8(7-9)1-6-12(14)15/h2,5,7,10H,1,3-4,6H2,(H,14,15). The Morgan fingerprint density at radius 1 is 1.50 bits per heavy atom. The van der Waals surface area contributed by atoms with E-state index in [-0.39, 0.29) is 18.3 Å². The van der Waals surface area contributed by atoms with Crippen molar-refractivity contribution in [2.45, 2.75) is 31.8 Å². The minimum Gasteiger partial charge on any atom is -0.490 e. The second-order valence-electron chi connectivity index (χ2n) is 3.96. The van der Waals surface area contributed by atoms with Gasteiger partial charge in [0.15, 0.2) is 0 Å². The number of carboxylic acid groups (broad SMARTS) is 1. The molecule has 0 atom stereocenters. The first-order valence-electron chi connectivity index (χ1n) is 5.32. The second kappa shape index (κ2) is 4.51. The van der Waals surface area contributed by atoms with Crippen molar-refractivity contribution >= 4 is 5.97 Å². The molecule has 4 heteroatoms. The lowest BCUT2D eigenvalue weighted by Gasteiger charge is -2.10. The van der Waals surface area contributed by atoms with Crippen LogP contribution in [0.4, 0.5) is 4.39 Å². The first kappa shape index (κ1) is 10.9. The summed E-state index contributed by atoms with van der Waals surface area (Å²) in [4.78, 5) is 10.5. The van der Waals surface area contributed by atoms with E-state index in [1.807, 2.05) is 0 Å². The van der Waals surface area contributed by atoms with Crippen molar-refractivity contribution in [3.8, 4) is 5.75 Å². The molecule has 86 valence electrons. The van der Waals surface area contributed by atoms with Crippen molar-refractivity contribution in [3.63, 3.8) is 0 Å². The van der Waals surface area contributed by atoms with Crippen LogP contribution in [0.2, 0.25) is 0 Å². The van der Waals surface area contributed by atoms with E-state index in [0.29, 0.717) is 17.7 Å². The van der Waals surface area contributed by atoms with Crippen LogP contribution in [0.15, 0.2) is 18.2 Å². The van der Waals surface area contributed by atoms with Crippen LogP contribution in [0.25, 0.3) is 0 Å². The van der Waals surface area contributed by atoms with Crippen LogP contribution in [0.3, 0.4) is 0 Å². The molecule has 0 heterocycles. The van der Waals surface area contributed by atoms with Crippen molar-refractivity contribution in [2.75, 3.05) is 0 Å². The molecule has 0 aliphatic heterocycles. The Labute approximate surface area is 92.9 Å². The lowest BCUT2D eigenvalue weighted by Crippen LogP contribution is -2.03. The first-order valence-corrected chi connectivity index (χ1v) is 5.32. The van der Waals surface area contributed by atoms with E-state index >= 15 is 0 Å². The quantitative estimate of drug-likeness (QED) is 0.835. The molecule has 1 aliphatic rings. The van der Waals surface area contributed by atoms with Gasteiger partial charge in [-0.2, -0.15) is 0 Å². The van der Waals surface area contributed by atoms with Gasteiger partial charge in [-0.15, -0.1) is 0 Å². The lowest BCUT2D eigenvalue weighted by molar-refractivity contribution is -0.136. The number of ether oxygens (including phenoxy) is 1. The molecule has 1 aromatic carbocycles. The number of hydrogen-bond donors (Lipinski definition) is 1. The van der Waals surface area contributed by atoms with Gasteiger partial charge in [-0.05, 0) is 43.0 Å². The summed E-state index contributed by atoms with van der Waals surface area (Å²) in [6, 6.07) is 4.26. The Morgan fingerprint density at radius 3 is 2.88 bits per heavy atom. The molecule has 0 unspecified atom stereocenters. The maximum Gasteiger partial charge on any atom is 0.303 e. The molecule has 0 saturated heterocycles. The van der Waals surface area contributed by atoms with Crippen LogP contribution in [-0.4, -0.2) is 17.2 Å². The zero-order valence-corrected chi connectivity index (χ0v) is 8.78. The predicted octanol–water partition coefficient (Wildman–Crippen LogP) is 2.38. The Kier molecular flexibility index (Phi) is 3.08. The Balaban J connectivity index is 2.10. The molecule has 1 saturated carbocycles. The molecule has 2 rings (SSSR count). The maximum absolute atomic E-state index is 13.0. The Hall–Kier alpha value is -1.58. The number of rotatable bonds is 5. The van der Waals surface area contributed by atoms with Crippen molar-refractivity contribution in [2.24, 2.45) is 0 Å². The fraction of sp³-hybridized carbons (Fsp3) is 0.417. The molecule has 0 bridgehead atoms. The smallest absolute Gasteiger partial charge is 0.303 e. The van der Waals surface area contributed by atoms with Crippen molar-refractivity contribution in [3.05, 3.63) is 29.6 Å². The number of aryl methyl sites for hydroxylation is 1. The monoisotopic (exact) mass is 224 g/mol. The SMILES string of the molecule is O=C(O)CCc1cc(F)ccc1OC1CC1. The average molecular weight is 224 g/mol. The maximum atomic E-state index is 13.0. The topological polar surface area (TPSA) is 46.5 Å². The number of carboxylic acids is 1. The minimum absolute atomic E-state index is 0.00944. The van der Waals surface area contributed by atoms with Crippen LogP contribution in [0.5, 0.6) is 5.75 Å². The van der Waals surface area contributed by atoms with Gasteiger partial charge in [0.25, 0.3) is 0 Å². The molecule has 1 N–H and O–H groups in total. The molecule has 1 aliphatic carbocycles. The second-order valence-corrected chi connectivity index (χ2v) is 3.96. The number of aliphatic carboxylic acids is 1. The van der Waals surface area contributed by atoms with Crippen molar-refractivity contribution in [1.29, 1.82) is 0 Å². The van der Waals surface area contributed by atoms with E-state index < -0.39 is 5.97 Å². The molecular weight excluding hydrogens is 211 g/mol. The number of hydrogen-bond acceptors (Lipinski definition) is 2.